The Morgan fingerprint density at radius 3 is 2.36 bits per heavy atom. The zero-order valence-corrected chi connectivity index (χ0v) is 12.6. The zero-order chi connectivity index (χ0) is 15.5. The lowest BCUT2D eigenvalue weighted by Crippen LogP contribution is -2.08. The normalized spacial score (nSPS) is 10.5. The monoisotopic (exact) mass is 312 g/mol. The van der Waals surface area contributed by atoms with Crippen LogP contribution in [0.3, 0.4) is 0 Å². The molecule has 0 saturated heterocycles. The highest BCUT2D eigenvalue weighted by atomic mass is 35.5. The van der Waals surface area contributed by atoms with Gasteiger partial charge in [0.05, 0.1) is 12.7 Å². The van der Waals surface area contributed by atoms with Crippen molar-refractivity contribution in [1.29, 1.82) is 0 Å². The van der Waals surface area contributed by atoms with Gasteiger partial charge in [-0.05, 0) is 53.2 Å². The third kappa shape index (κ3) is 3.05. The summed E-state index contributed by atoms with van der Waals surface area (Å²) in [5.74, 6) is 0.793. The fraction of sp³-hybridized carbons (Fsp3) is 0.0556. The maximum Gasteiger partial charge on any atom is 0.343 e. The molecule has 0 bridgehead atoms. The first kappa shape index (κ1) is 14.4. The van der Waals surface area contributed by atoms with Crippen LogP contribution in [0.25, 0.3) is 10.8 Å². The lowest BCUT2D eigenvalue weighted by molar-refractivity contribution is 0.0735. The van der Waals surface area contributed by atoms with Gasteiger partial charge in [0.25, 0.3) is 0 Å². The molecule has 0 aromatic heterocycles. The minimum atomic E-state index is -0.440. The molecule has 0 saturated carbocycles. The van der Waals surface area contributed by atoms with E-state index in [4.69, 9.17) is 21.1 Å². The molecule has 22 heavy (non-hydrogen) atoms. The SMILES string of the molecule is COc1ccc2ccc(OC(=O)c3cccc(Cl)c3)cc2c1. The molecule has 3 rings (SSSR count). The molecule has 0 heterocycles. The number of ether oxygens (including phenoxy) is 2. The highest BCUT2D eigenvalue weighted by molar-refractivity contribution is 6.30. The molecule has 0 aliphatic heterocycles. The first-order chi connectivity index (χ1) is 10.7. The van der Waals surface area contributed by atoms with Crippen LogP contribution in [-0.4, -0.2) is 13.1 Å². The molecule has 3 aromatic carbocycles. The van der Waals surface area contributed by atoms with Crippen LogP contribution >= 0.6 is 11.6 Å². The van der Waals surface area contributed by atoms with Crippen molar-refractivity contribution in [2.24, 2.45) is 0 Å². The van der Waals surface area contributed by atoms with E-state index in [-0.39, 0.29) is 0 Å². The van der Waals surface area contributed by atoms with Gasteiger partial charge in [0.1, 0.15) is 11.5 Å². The summed E-state index contributed by atoms with van der Waals surface area (Å²) in [4.78, 5) is 12.1. The van der Waals surface area contributed by atoms with Crippen LogP contribution in [-0.2, 0) is 0 Å². The van der Waals surface area contributed by atoms with Crippen LogP contribution in [0.2, 0.25) is 5.02 Å². The van der Waals surface area contributed by atoms with E-state index in [1.807, 2.05) is 24.3 Å². The predicted octanol–water partition coefficient (Wildman–Crippen LogP) is 4.72. The van der Waals surface area contributed by atoms with Crippen molar-refractivity contribution < 1.29 is 14.3 Å². The lowest BCUT2D eigenvalue weighted by Gasteiger charge is -2.07. The summed E-state index contributed by atoms with van der Waals surface area (Å²) < 4.78 is 10.6. The van der Waals surface area contributed by atoms with Crippen LogP contribution in [0, 0.1) is 0 Å². The molecule has 0 spiro atoms. The van der Waals surface area contributed by atoms with E-state index in [1.54, 1.807) is 43.5 Å². The molecule has 0 atom stereocenters. The van der Waals surface area contributed by atoms with Gasteiger partial charge in [-0.1, -0.05) is 29.8 Å². The van der Waals surface area contributed by atoms with Gasteiger partial charge < -0.3 is 9.47 Å². The van der Waals surface area contributed by atoms with E-state index >= 15 is 0 Å². The first-order valence-corrected chi connectivity index (χ1v) is 7.09. The smallest absolute Gasteiger partial charge is 0.343 e. The molecule has 0 aliphatic rings. The molecule has 0 unspecified atom stereocenters. The van der Waals surface area contributed by atoms with Crippen LogP contribution in [0.15, 0.2) is 60.7 Å². The summed E-state index contributed by atoms with van der Waals surface area (Å²) in [5.41, 5.74) is 0.415. The van der Waals surface area contributed by atoms with E-state index in [0.29, 0.717) is 16.3 Å². The van der Waals surface area contributed by atoms with Gasteiger partial charge in [-0.25, -0.2) is 4.79 Å². The minimum Gasteiger partial charge on any atom is -0.497 e. The van der Waals surface area contributed by atoms with Crippen LogP contribution in [0.1, 0.15) is 10.4 Å². The molecule has 0 aliphatic carbocycles. The summed E-state index contributed by atoms with van der Waals surface area (Å²) >= 11 is 5.88. The maximum atomic E-state index is 12.1. The van der Waals surface area contributed by atoms with Crippen molar-refractivity contribution in [1.82, 2.24) is 0 Å². The summed E-state index contributed by atoms with van der Waals surface area (Å²) in [6, 6.07) is 17.9. The summed E-state index contributed by atoms with van der Waals surface area (Å²) in [7, 11) is 1.62. The molecule has 0 fully saturated rings. The number of esters is 1. The number of rotatable bonds is 3. The van der Waals surface area contributed by atoms with Crippen LogP contribution in [0.5, 0.6) is 11.5 Å². The molecule has 0 amide bonds. The van der Waals surface area contributed by atoms with Crippen molar-refractivity contribution >= 4 is 28.3 Å². The van der Waals surface area contributed by atoms with Crippen molar-refractivity contribution in [3.63, 3.8) is 0 Å². The van der Waals surface area contributed by atoms with Gasteiger partial charge >= 0.3 is 5.97 Å². The fourth-order valence-corrected chi connectivity index (χ4v) is 2.37. The third-order valence-corrected chi connectivity index (χ3v) is 3.52. The number of fused-ring (bicyclic) bond motifs is 1. The summed E-state index contributed by atoms with van der Waals surface area (Å²) in [5, 5.41) is 2.48. The lowest BCUT2D eigenvalue weighted by atomic mass is 10.1. The highest BCUT2D eigenvalue weighted by Gasteiger charge is 2.09. The zero-order valence-electron chi connectivity index (χ0n) is 11.9. The second kappa shape index (κ2) is 6.08. The molecular formula is C18H13ClO3. The Kier molecular flexibility index (Phi) is 3.98. The van der Waals surface area contributed by atoms with E-state index in [1.165, 1.54) is 0 Å². The Morgan fingerprint density at radius 2 is 1.64 bits per heavy atom. The quantitative estimate of drug-likeness (QED) is 0.518. The maximum absolute atomic E-state index is 12.1. The third-order valence-electron chi connectivity index (χ3n) is 3.29. The van der Waals surface area contributed by atoms with E-state index in [9.17, 15) is 4.79 Å². The largest absolute Gasteiger partial charge is 0.497 e. The molecule has 0 N–H and O–H groups in total. The number of halogens is 1. The second-order valence-corrected chi connectivity index (χ2v) is 5.21. The van der Waals surface area contributed by atoms with Crippen LogP contribution < -0.4 is 9.47 Å². The van der Waals surface area contributed by atoms with Gasteiger partial charge in [-0.15, -0.1) is 0 Å². The molecule has 3 aromatic rings. The van der Waals surface area contributed by atoms with Crippen molar-refractivity contribution in [3.05, 3.63) is 71.2 Å². The molecule has 110 valence electrons. The number of carbonyl (C=O) groups excluding carboxylic acids is 1. The molecule has 3 nitrogen and oxygen atoms in total. The van der Waals surface area contributed by atoms with Gasteiger partial charge in [0.2, 0.25) is 0 Å². The van der Waals surface area contributed by atoms with E-state index in [0.717, 1.165) is 16.5 Å². The van der Waals surface area contributed by atoms with Crippen molar-refractivity contribution in [2.45, 2.75) is 0 Å². The van der Waals surface area contributed by atoms with Gasteiger partial charge in [-0.3, -0.25) is 0 Å². The predicted molar refractivity (Wildman–Crippen MR) is 86.9 cm³/mol. The molecule has 4 heteroatoms. The van der Waals surface area contributed by atoms with Crippen molar-refractivity contribution in [2.75, 3.05) is 7.11 Å². The van der Waals surface area contributed by atoms with Crippen molar-refractivity contribution in [3.8, 4) is 11.5 Å². The van der Waals surface area contributed by atoms with Gasteiger partial charge in [0, 0.05) is 5.02 Å². The van der Waals surface area contributed by atoms with E-state index in [2.05, 4.69) is 0 Å². The molecule has 0 radical (unpaired) electrons. The Labute approximate surface area is 133 Å². The summed E-state index contributed by atoms with van der Waals surface area (Å²) in [6.45, 7) is 0. The number of hydrogen-bond acceptors (Lipinski definition) is 3. The first-order valence-electron chi connectivity index (χ1n) is 6.71. The standard InChI is InChI=1S/C18H13ClO3/c1-21-16-7-5-12-6-8-17(11-14(12)10-16)22-18(20)13-3-2-4-15(19)9-13/h2-11H,1H3. The number of methoxy groups -OCH3 is 1. The number of hydrogen-bond donors (Lipinski definition) is 0. The van der Waals surface area contributed by atoms with Crippen LogP contribution in [0.4, 0.5) is 0 Å². The average molecular weight is 313 g/mol. The minimum absolute atomic E-state index is 0.415. The second-order valence-electron chi connectivity index (χ2n) is 4.77. The average Bonchev–Trinajstić information content (AvgIpc) is 2.54. The Hall–Kier alpha value is -2.52. The topological polar surface area (TPSA) is 35.5 Å². The summed E-state index contributed by atoms with van der Waals surface area (Å²) in [6.07, 6.45) is 0. The van der Waals surface area contributed by atoms with E-state index < -0.39 is 5.97 Å². The Morgan fingerprint density at radius 1 is 0.909 bits per heavy atom. The Balaban J connectivity index is 1.88. The molecular weight excluding hydrogens is 300 g/mol. The Bertz CT molecular complexity index is 843. The highest BCUT2D eigenvalue weighted by Crippen LogP contribution is 2.25. The van der Waals surface area contributed by atoms with Gasteiger partial charge in [0.15, 0.2) is 0 Å². The number of carbonyl (C=O) groups is 1. The fourth-order valence-electron chi connectivity index (χ4n) is 2.17. The van der Waals surface area contributed by atoms with Gasteiger partial charge in [-0.2, -0.15) is 0 Å². The number of benzene rings is 3.